The number of hydrogen-bond acceptors (Lipinski definition) is 0. The average Bonchev–Trinajstić information content (AvgIpc) is 0. The Kier molecular flexibility index (Phi) is 1050. The Morgan fingerprint density at radius 3 is 0.0800 bits per heavy atom. The van der Waals surface area contributed by atoms with E-state index in [1.165, 1.54) is 0 Å². The second kappa shape index (κ2) is 158. The molecular formula is H25K25. The van der Waals surface area contributed by atoms with Crippen molar-refractivity contribution in [3.63, 3.8) is 0 Å². The quantitative estimate of drug-likeness (QED) is 0.212. The van der Waals surface area contributed by atoms with Gasteiger partial charge in [0, 0.05) is 0 Å². The van der Waals surface area contributed by atoms with E-state index in [0.717, 1.165) is 0 Å². The molecule has 0 aromatic heterocycles. The molecule has 0 heterocycles. The Labute approximate surface area is 1260 Å². The molecule has 0 atom stereocenters. The molecule has 0 spiro atoms. The molecule has 0 aliphatic heterocycles. The van der Waals surface area contributed by atoms with Gasteiger partial charge >= 0.3 is 1280 Å². The third-order valence-corrected chi connectivity index (χ3v) is 0. The summed E-state index contributed by atoms with van der Waals surface area (Å²) < 4.78 is 0. The molecule has 25 heteroatoms. The molecule has 0 nitrogen and oxygen atoms in total. The summed E-state index contributed by atoms with van der Waals surface area (Å²) in [6.07, 6.45) is 0. The molecule has 0 rings (SSSR count). The fourth-order valence-corrected chi connectivity index (χ4v) is 0. The number of hydrogen-bond donors (Lipinski definition) is 0. The molecule has 50 valence electrons. The summed E-state index contributed by atoms with van der Waals surface area (Å²) in [6, 6.07) is 0. The Morgan fingerprint density at radius 2 is 0.0800 bits per heavy atom. The van der Waals surface area contributed by atoms with Gasteiger partial charge in [0.2, 0.25) is 0 Å². The monoisotopic (exact) mass is 999 g/mol. The van der Waals surface area contributed by atoms with Crippen LogP contribution in [0.4, 0.5) is 0 Å². The first-order chi connectivity index (χ1) is 0. The third-order valence-electron chi connectivity index (χ3n) is 0. The van der Waals surface area contributed by atoms with E-state index >= 15 is 0 Å². The molecule has 0 saturated heterocycles. The van der Waals surface area contributed by atoms with Crippen LogP contribution >= 0.6 is 0 Å². The van der Waals surface area contributed by atoms with Crippen LogP contribution in [0.1, 0.15) is 35.7 Å². The first-order valence-corrected chi connectivity index (χ1v) is 0. The van der Waals surface area contributed by atoms with Gasteiger partial charge < -0.3 is 35.7 Å². The molecule has 0 aliphatic rings. The zero-order chi connectivity index (χ0) is 0. The molecule has 0 fully saturated rings. The Morgan fingerprint density at radius 1 is 0.0800 bits per heavy atom. The zero-order valence-electron chi connectivity index (χ0n) is 50.0. The van der Waals surface area contributed by atoms with Crippen molar-refractivity contribution in [3.8, 4) is 0 Å². The summed E-state index contributed by atoms with van der Waals surface area (Å²) in [5.41, 5.74) is 0. The molecule has 0 N–H and O–H groups in total. The summed E-state index contributed by atoms with van der Waals surface area (Å²) >= 11 is 0. The average molecular weight is 1000 g/mol. The molecule has 0 aliphatic carbocycles. The maximum absolute atomic E-state index is 0. The first kappa shape index (κ1) is 166. The van der Waals surface area contributed by atoms with E-state index in [1.54, 1.807) is 0 Å². The van der Waals surface area contributed by atoms with Crippen molar-refractivity contribution in [1.29, 1.82) is 0 Å². The Bertz CT molecular complexity index is 50.0. The maximum Gasteiger partial charge on any atom is 1.00 e. The second-order valence-corrected chi connectivity index (χ2v) is 0. The van der Waals surface area contributed by atoms with Gasteiger partial charge in [-0.15, -0.1) is 0 Å². The molecule has 25 heavy (non-hydrogen) atoms. The van der Waals surface area contributed by atoms with Crippen LogP contribution in [0.25, 0.3) is 0 Å². The van der Waals surface area contributed by atoms with Crippen LogP contribution in [-0.2, 0) is 0 Å². The second-order valence-electron chi connectivity index (χ2n) is 0. The van der Waals surface area contributed by atoms with E-state index in [1.807, 2.05) is 0 Å². The largest absolute Gasteiger partial charge is 1.00 e. The van der Waals surface area contributed by atoms with Gasteiger partial charge in [-0.25, -0.2) is 0 Å². The predicted molar refractivity (Wildman–Crippen MR) is 27.8 cm³/mol. The molecule has 0 aromatic rings. The van der Waals surface area contributed by atoms with E-state index < -0.39 is 0 Å². The van der Waals surface area contributed by atoms with Crippen molar-refractivity contribution < 1.29 is 1320 Å². The smallest absolute Gasteiger partial charge is 1.00 e. The van der Waals surface area contributed by atoms with Crippen LogP contribution < -0.4 is 1280 Å². The standard InChI is InChI=1S/25K.25H/q25*+1;25*-1. The van der Waals surface area contributed by atoms with Gasteiger partial charge in [-0.05, 0) is 0 Å². The van der Waals surface area contributed by atoms with Gasteiger partial charge in [0.25, 0.3) is 0 Å². The SMILES string of the molecule is [H-].[H-].[H-].[H-].[H-].[H-].[H-].[H-].[H-].[H-].[H-].[H-].[H-].[H-].[H-].[H-].[H-].[H-].[H-].[H-].[H-].[H-].[H-].[H-].[H-].[K+].[K+].[K+].[K+].[K+].[K+].[K+].[K+].[K+].[K+].[K+].[K+].[K+].[K+].[K+].[K+].[K+].[K+].[K+].[K+].[K+].[K+].[K+].[K+].[K+]. The zero-order valence-corrected chi connectivity index (χ0v) is 103. The maximum atomic E-state index is 0. The summed E-state index contributed by atoms with van der Waals surface area (Å²) in [7, 11) is 0. The Hall–Kier alpha value is 40.9. The van der Waals surface area contributed by atoms with Gasteiger partial charge in [0.15, 0.2) is 0 Å². The molecular weight excluding hydrogens is 977 g/mol. The minimum absolute atomic E-state index is 0. The van der Waals surface area contributed by atoms with E-state index in [0.29, 0.717) is 0 Å². The van der Waals surface area contributed by atoms with Crippen LogP contribution in [0.3, 0.4) is 0 Å². The summed E-state index contributed by atoms with van der Waals surface area (Å²) in [5, 5.41) is 0. The van der Waals surface area contributed by atoms with Gasteiger partial charge in [0.1, 0.15) is 0 Å². The van der Waals surface area contributed by atoms with Crippen molar-refractivity contribution in [2.24, 2.45) is 0 Å². The van der Waals surface area contributed by atoms with Crippen LogP contribution in [0, 0.1) is 0 Å². The van der Waals surface area contributed by atoms with E-state index in [9.17, 15) is 0 Å². The first-order valence-electron chi connectivity index (χ1n) is 0. The van der Waals surface area contributed by atoms with Crippen LogP contribution in [0.2, 0.25) is 0 Å². The van der Waals surface area contributed by atoms with E-state index in [2.05, 4.69) is 0 Å². The summed E-state index contributed by atoms with van der Waals surface area (Å²) in [6.45, 7) is 0. The fourth-order valence-electron chi connectivity index (χ4n) is 0. The third kappa shape index (κ3) is 153. The van der Waals surface area contributed by atoms with Gasteiger partial charge in [0.05, 0.1) is 0 Å². The Balaban J connectivity index is 0. The van der Waals surface area contributed by atoms with Gasteiger partial charge in [-0.2, -0.15) is 0 Å². The van der Waals surface area contributed by atoms with Crippen molar-refractivity contribution in [3.05, 3.63) is 0 Å². The van der Waals surface area contributed by atoms with Crippen LogP contribution in [0.15, 0.2) is 0 Å². The minimum atomic E-state index is 0. The van der Waals surface area contributed by atoms with Crippen molar-refractivity contribution in [2.75, 3.05) is 0 Å². The normalized spacial score (nSPS) is 0. The van der Waals surface area contributed by atoms with Crippen molar-refractivity contribution in [1.82, 2.24) is 0 Å². The van der Waals surface area contributed by atoms with Crippen molar-refractivity contribution in [2.45, 2.75) is 0 Å². The van der Waals surface area contributed by atoms with Crippen LogP contribution in [0.5, 0.6) is 0 Å². The van der Waals surface area contributed by atoms with E-state index in [-0.39, 0.29) is 1320 Å². The summed E-state index contributed by atoms with van der Waals surface area (Å²) in [4.78, 5) is 0. The fraction of sp³-hybridized carbons (Fsp3) is 0. The molecule has 0 bridgehead atoms. The molecule has 0 radical (unpaired) electrons. The molecule has 0 unspecified atom stereocenters. The minimum Gasteiger partial charge on any atom is -1.00 e. The molecule has 0 aromatic carbocycles. The van der Waals surface area contributed by atoms with Gasteiger partial charge in [-0.3, -0.25) is 0 Å². The predicted octanol–water partition coefficient (Wildman–Crippen LogP) is -72.1. The molecule has 0 saturated carbocycles. The summed E-state index contributed by atoms with van der Waals surface area (Å²) in [5.74, 6) is 0. The van der Waals surface area contributed by atoms with Crippen molar-refractivity contribution >= 4 is 0 Å². The topological polar surface area (TPSA) is 0 Å². The van der Waals surface area contributed by atoms with Gasteiger partial charge in [-0.1, -0.05) is 0 Å². The number of rotatable bonds is 0. The van der Waals surface area contributed by atoms with Crippen LogP contribution in [-0.4, -0.2) is 0 Å². The van der Waals surface area contributed by atoms with E-state index in [4.69, 9.17) is 0 Å². The molecule has 0 amide bonds.